The smallest absolute Gasteiger partial charge is 0.217 e. The summed E-state index contributed by atoms with van der Waals surface area (Å²) >= 11 is 12.4. The number of rotatable bonds is 4. The van der Waals surface area contributed by atoms with Crippen molar-refractivity contribution >= 4 is 28.9 Å². The van der Waals surface area contributed by atoms with Crippen LogP contribution in [0, 0.1) is 0 Å². The molecule has 0 aliphatic carbocycles. The molecule has 0 fully saturated rings. The summed E-state index contributed by atoms with van der Waals surface area (Å²) in [6.07, 6.45) is -0.0368. The first kappa shape index (κ1) is 20.8. The predicted molar refractivity (Wildman–Crippen MR) is 123 cm³/mol. The van der Waals surface area contributed by atoms with E-state index in [4.69, 9.17) is 42.5 Å². The van der Waals surface area contributed by atoms with Gasteiger partial charge in [-0.25, -0.2) is 5.01 Å². The van der Waals surface area contributed by atoms with Crippen molar-refractivity contribution in [3.63, 3.8) is 0 Å². The molecule has 0 aromatic heterocycles. The first-order valence-electron chi connectivity index (χ1n) is 10.0. The van der Waals surface area contributed by atoms with E-state index >= 15 is 0 Å². The van der Waals surface area contributed by atoms with Gasteiger partial charge in [0.25, 0.3) is 0 Å². The van der Waals surface area contributed by atoms with E-state index in [-0.39, 0.29) is 16.8 Å². The zero-order valence-corrected chi connectivity index (χ0v) is 18.9. The second-order valence-electron chi connectivity index (χ2n) is 7.55. The number of benzene rings is 3. The molecule has 1 N–H and O–H groups in total. The van der Waals surface area contributed by atoms with Crippen LogP contribution in [0.2, 0.25) is 10.0 Å². The van der Waals surface area contributed by atoms with Crippen LogP contribution in [0.15, 0.2) is 59.7 Å². The lowest BCUT2D eigenvalue weighted by atomic mass is 9.95. The van der Waals surface area contributed by atoms with Crippen LogP contribution in [-0.2, 0) is 0 Å². The summed E-state index contributed by atoms with van der Waals surface area (Å²) in [4.78, 5) is 0. The van der Waals surface area contributed by atoms with E-state index < -0.39 is 6.23 Å². The fourth-order valence-corrected chi connectivity index (χ4v) is 4.71. The number of para-hydroxylation sites is 1. The van der Waals surface area contributed by atoms with Gasteiger partial charge >= 0.3 is 0 Å². The van der Waals surface area contributed by atoms with Crippen LogP contribution in [0.1, 0.15) is 35.4 Å². The summed E-state index contributed by atoms with van der Waals surface area (Å²) in [6.45, 7) is 0. The number of hydrazone groups is 1. The molecule has 2 aliphatic rings. The van der Waals surface area contributed by atoms with Gasteiger partial charge in [0, 0.05) is 22.6 Å². The standard InChI is InChI=1S/C24H20Cl2N2O4/c1-30-21-8-7-13(9-22(21)31-2)18-12-19-15-5-3-4-6-20(15)32-24(28(19)27-18)16-10-14(25)11-17(26)23(16)29/h3-11,19,24,29H,12H2,1-2H3/t19-,24-/m1/s1. The molecule has 3 aromatic carbocycles. The molecular weight excluding hydrogens is 451 g/mol. The van der Waals surface area contributed by atoms with Gasteiger partial charge in [0.15, 0.2) is 11.5 Å². The van der Waals surface area contributed by atoms with Crippen molar-refractivity contribution in [2.75, 3.05) is 14.2 Å². The largest absolute Gasteiger partial charge is 0.506 e. The fraction of sp³-hybridized carbons (Fsp3) is 0.208. The van der Waals surface area contributed by atoms with E-state index in [1.54, 1.807) is 20.3 Å². The quantitative estimate of drug-likeness (QED) is 0.509. The lowest BCUT2D eigenvalue weighted by Gasteiger charge is -2.38. The van der Waals surface area contributed by atoms with Gasteiger partial charge < -0.3 is 19.3 Å². The summed E-state index contributed by atoms with van der Waals surface area (Å²) in [5.74, 6) is 1.94. The minimum absolute atomic E-state index is 0.0750. The van der Waals surface area contributed by atoms with Crippen molar-refractivity contribution in [2.45, 2.75) is 18.7 Å². The minimum Gasteiger partial charge on any atom is -0.506 e. The predicted octanol–water partition coefficient (Wildman–Crippen LogP) is 5.96. The SMILES string of the molecule is COc1ccc(C2=NN3[C@H](C2)c2ccccc2O[C@@H]3c2cc(Cl)cc(Cl)c2O)cc1OC. The molecule has 2 atom stereocenters. The second-order valence-corrected chi connectivity index (χ2v) is 8.39. The first-order valence-corrected chi connectivity index (χ1v) is 10.8. The Morgan fingerprint density at radius 3 is 2.56 bits per heavy atom. The number of nitrogens with zero attached hydrogens (tertiary/aromatic N) is 2. The van der Waals surface area contributed by atoms with Crippen molar-refractivity contribution in [2.24, 2.45) is 5.10 Å². The minimum atomic E-state index is -0.691. The zero-order chi connectivity index (χ0) is 22.4. The number of phenolic OH excluding ortho intramolecular Hbond substituents is 1. The van der Waals surface area contributed by atoms with Crippen LogP contribution in [0.5, 0.6) is 23.0 Å². The average molecular weight is 471 g/mol. The van der Waals surface area contributed by atoms with E-state index in [9.17, 15) is 5.11 Å². The van der Waals surface area contributed by atoms with Crippen molar-refractivity contribution in [3.8, 4) is 23.0 Å². The second kappa shape index (κ2) is 8.11. The normalized spacial score (nSPS) is 19.0. The molecule has 6 nitrogen and oxygen atoms in total. The highest BCUT2D eigenvalue weighted by atomic mass is 35.5. The number of aromatic hydroxyl groups is 1. The van der Waals surface area contributed by atoms with Gasteiger partial charge in [0.1, 0.15) is 11.5 Å². The van der Waals surface area contributed by atoms with Crippen LogP contribution < -0.4 is 14.2 Å². The Balaban J connectivity index is 1.61. The number of fused-ring (bicyclic) bond motifs is 3. The molecule has 0 saturated carbocycles. The topological polar surface area (TPSA) is 63.5 Å². The van der Waals surface area contributed by atoms with Gasteiger partial charge in [-0.05, 0) is 36.4 Å². The molecule has 32 heavy (non-hydrogen) atoms. The van der Waals surface area contributed by atoms with Crippen molar-refractivity contribution in [1.82, 2.24) is 5.01 Å². The van der Waals surface area contributed by atoms with E-state index in [0.717, 1.165) is 22.6 Å². The number of phenols is 1. The molecule has 0 bridgehead atoms. The average Bonchev–Trinajstić information content (AvgIpc) is 3.26. The molecule has 0 saturated heterocycles. The monoisotopic (exact) mass is 470 g/mol. The number of methoxy groups -OCH3 is 2. The number of hydrogen-bond acceptors (Lipinski definition) is 6. The van der Waals surface area contributed by atoms with E-state index in [0.29, 0.717) is 28.5 Å². The molecule has 3 aromatic rings. The van der Waals surface area contributed by atoms with E-state index in [1.807, 2.05) is 47.5 Å². The highest BCUT2D eigenvalue weighted by Crippen LogP contribution is 2.50. The third-order valence-corrected chi connectivity index (χ3v) is 6.25. The number of halogens is 2. The third kappa shape index (κ3) is 3.40. The zero-order valence-electron chi connectivity index (χ0n) is 17.4. The van der Waals surface area contributed by atoms with Gasteiger partial charge in [-0.15, -0.1) is 0 Å². The van der Waals surface area contributed by atoms with Crippen molar-refractivity contribution in [3.05, 3.63) is 81.3 Å². The maximum atomic E-state index is 10.7. The van der Waals surface area contributed by atoms with Gasteiger partial charge in [0.05, 0.1) is 36.6 Å². The Morgan fingerprint density at radius 1 is 1.00 bits per heavy atom. The molecule has 0 amide bonds. The van der Waals surface area contributed by atoms with Crippen LogP contribution >= 0.6 is 23.2 Å². The number of hydrogen-bond donors (Lipinski definition) is 1. The molecule has 164 valence electrons. The molecular formula is C24H20Cl2N2O4. The lowest BCUT2D eigenvalue weighted by molar-refractivity contribution is -0.0203. The summed E-state index contributed by atoms with van der Waals surface area (Å²) < 4.78 is 17.1. The van der Waals surface area contributed by atoms with Crippen molar-refractivity contribution in [1.29, 1.82) is 0 Å². The van der Waals surface area contributed by atoms with Gasteiger partial charge in [-0.1, -0.05) is 41.4 Å². The van der Waals surface area contributed by atoms with E-state index in [2.05, 4.69) is 0 Å². The molecule has 2 heterocycles. The van der Waals surface area contributed by atoms with Crippen LogP contribution in [0.3, 0.4) is 0 Å². The van der Waals surface area contributed by atoms with Gasteiger partial charge in [0.2, 0.25) is 6.23 Å². The third-order valence-electron chi connectivity index (χ3n) is 5.74. The molecule has 0 unspecified atom stereocenters. The van der Waals surface area contributed by atoms with Crippen LogP contribution in [-0.4, -0.2) is 30.0 Å². The van der Waals surface area contributed by atoms with E-state index in [1.165, 1.54) is 6.07 Å². The van der Waals surface area contributed by atoms with Crippen LogP contribution in [0.25, 0.3) is 0 Å². The molecule has 8 heteroatoms. The van der Waals surface area contributed by atoms with Crippen molar-refractivity contribution < 1.29 is 19.3 Å². The maximum absolute atomic E-state index is 10.7. The Kier molecular flexibility index (Phi) is 5.27. The Morgan fingerprint density at radius 2 is 1.78 bits per heavy atom. The highest BCUT2D eigenvalue weighted by Gasteiger charge is 2.42. The Hall–Kier alpha value is -3.09. The summed E-state index contributed by atoms with van der Waals surface area (Å²) in [7, 11) is 3.21. The van der Waals surface area contributed by atoms with Crippen LogP contribution in [0.4, 0.5) is 0 Å². The molecule has 0 spiro atoms. The fourth-order valence-electron chi connectivity index (χ4n) is 4.20. The Bertz CT molecular complexity index is 1230. The maximum Gasteiger partial charge on any atom is 0.217 e. The Labute approximate surface area is 195 Å². The first-order chi connectivity index (χ1) is 15.5. The highest BCUT2D eigenvalue weighted by molar-refractivity contribution is 6.35. The van der Waals surface area contributed by atoms with Gasteiger partial charge in [-0.2, -0.15) is 5.10 Å². The van der Waals surface area contributed by atoms with Gasteiger partial charge in [-0.3, -0.25) is 0 Å². The molecule has 0 radical (unpaired) electrons. The summed E-state index contributed by atoms with van der Waals surface area (Å²) in [5, 5.41) is 18.0. The molecule has 2 aliphatic heterocycles. The number of ether oxygens (including phenoxy) is 3. The summed E-state index contributed by atoms with van der Waals surface area (Å²) in [5.41, 5.74) is 3.27. The lowest BCUT2D eigenvalue weighted by Crippen LogP contribution is -2.33. The molecule has 5 rings (SSSR count). The summed E-state index contributed by atoms with van der Waals surface area (Å²) in [6, 6.07) is 16.6.